The minimum atomic E-state index is -0.876. The number of ether oxygens (including phenoxy) is 1. The van der Waals surface area contributed by atoms with Gasteiger partial charge in [-0.3, -0.25) is 0 Å². The first kappa shape index (κ1) is 13.8. The standard InChI is InChI=1S/C16H17F2N3O/c17-13-5-12-15(6-14(13)18)19-9-20-16(12)21(11-1-2-11)7-10-3-4-22-8-10/h5-6,9-11H,1-4,7-8H2/t10-/m0/s1. The highest BCUT2D eigenvalue weighted by Gasteiger charge is 2.33. The topological polar surface area (TPSA) is 38.2 Å². The summed E-state index contributed by atoms with van der Waals surface area (Å²) in [6, 6.07) is 2.78. The van der Waals surface area contributed by atoms with Gasteiger partial charge in [0.25, 0.3) is 0 Å². The van der Waals surface area contributed by atoms with E-state index in [0.717, 1.165) is 45.1 Å². The van der Waals surface area contributed by atoms with E-state index in [2.05, 4.69) is 14.9 Å². The molecule has 4 nitrogen and oxygen atoms in total. The molecule has 4 rings (SSSR count). The molecule has 0 spiro atoms. The summed E-state index contributed by atoms with van der Waals surface area (Å²) in [5, 5.41) is 0.576. The number of aromatic nitrogens is 2. The van der Waals surface area contributed by atoms with Gasteiger partial charge in [-0.25, -0.2) is 18.7 Å². The van der Waals surface area contributed by atoms with E-state index in [9.17, 15) is 8.78 Å². The van der Waals surface area contributed by atoms with Crippen LogP contribution in [0, 0.1) is 17.6 Å². The predicted molar refractivity (Wildman–Crippen MR) is 78.7 cm³/mol. The molecule has 0 radical (unpaired) electrons. The van der Waals surface area contributed by atoms with Gasteiger partial charge in [0.1, 0.15) is 12.1 Å². The molecule has 0 unspecified atom stereocenters. The van der Waals surface area contributed by atoms with Crippen molar-refractivity contribution in [1.29, 1.82) is 0 Å². The second-order valence-corrected chi connectivity index (χ2v) is 6.09. The summed E-state index contributed by atoms with van der Waals surface area (Å²) in [4.78, 5) is 10.7. The Morgan fingerprint density at radius 2 is 1.95 bits per heavy atom. The fraction of sp³-hybridized carbons (Fsp3) is 0.500. The molecule has 1 saturated heterocycles. The van der Waals surface area contributed by atoms with Crippen LogP contribution in [-0.4, -0.2) is 35.8 Å². The van der Waals surface area contributed by atoms with Crippen LogP contribution in [0.25, 0.3) is 10.9 Å². The van der Waals surface area contributed by atoms with Crippen molar-refractivity contribution in [3.05, 3.63) is 30.1 Å². The Morgan fingerprint density at radius 3 is 2.68 bits per heavy atom. The first-order valence-electron chi connectivity index (χ1n) is 7.66. The maximum absolute atomic E-state index is 13.6. The second kappa shape index (κ2) is 5.43. The maximum Gasteiger partial charge on any atom is 0.161 e. The lowest BCUT2D eigenvalue weighted by atomic mass is 10.1. The lowest BCUT2D eigenvalue weighted by Gasteiger charge is -2.27. The first-order chi connectivity index (χ1) is 10.7. The van der Waals surface area contributed by atoms with Crippen molar-refractivity contribution < 1.29 is 13.5 Å². The molecule has 2 fully saturated rings. The third-order valence-electron chi connectivity index (χ3n) is 4.39. The number of anilines is 1. The van der Waals surface area contributed by atoms with Gasteiger partial charge in [-0.2, -0.15) is 0 Å². The summed E-state index contributed by atoms with van der Waals surface area (Å²) >= 11 is 0. The molecule has 1 atom stereocenters. The summed E-state index contributed by atoms with van der Waals surface area (Å²) in [6.07, 6.45) is 4.69. The summed E-state index contributed by atoms with van der Waals surface area (Å²) in [5.74, 6) is -0.558. The number of hydrogen-bond donors (Lipinski definition) is 0. The Kier molecular flexibility index (Phi) is 3.41. The number of hydrogen-bond acceptors (Lipinski definition) is 4. The van der Waals surface area contributed by atoms with Crippen LogP contribution in [0.3, 0.4) is 0 Å². The monoisotopic (exact) mass is 305 g/mol. The van der Waals surface area contributed by atoms with Crippen LogP contribution >= 0.6 is 0 Å². The Balaban J connectivity index is 1.74. The Morgan fingerprint density at radius 1 is 1.14 bits per heavy atom. The third-order valence-corrected chi connectivity index (χ3v) is 4.39. The molecule has 0 N–H and O–H groups in total. The van der Waals surface area contributed by atoms with Crippen LogP contribution in [0.5, 0.6) is 0 Å². The molecule has 1 aliphatic heterocycles. The molecule has 22 heavy (non-hydrogen) atoms. The first-order valence-corrected chi connectivity index (χ1v) is 7.66. The molecule has 2 aliphatic rings. The van der Waals surface area contributed by atoms with Crippen molar-refractivity contribution in [3.8, 4) is 0 Å². The van der Waals surface area contributed by atoms with Crippen LogP contribution in [0.2, 0.25) is 0 Å². The van der Waals surface area contributed by atoms with Gasteiger partial charge < -0.3 is 9.64 Å². The van der Waals surface area contributed by atoms with Gasteiger partial charge in [0.15, 0.2) is 11.6 Å². The van der Waals surface area contributed by atoms with E-state index in [1.807, 2.05) is 0 Å². The molecule has 1 saturated carbocycles. The van der Waals surface area contributed by atoms with Gasteiger partial charge in [0.05, 0.1) is 12.1 Å². The van der Waals surface area contributed by atoms with Gasteiger partial charge in [-0.1, -0.05) is 0 Å². The molecule has 1 aromatic carbocycles. The fourth-order valence-electron chi connectivity index (χ4n) is 3.07. The van der Waals surface area contributed by atoms with E-state index in [1.54, 1.807) is 0 Å². The smallest absolute Gasteiger partial charge is 0.161 e. The van der Waals surface area contributed by atoms with Crippen LogP contribution in [0.15, 0.2) is 18.5 Å². The minimum Gasteiger partial charge on any atom is -0.381 e. The predicted octanol–water partition coefficient (Wildman–Crippen LogP) is 2.91. The maximum atomic E-state index is 13.6. The number of fused-ring (bicyclic) bond motifs is 1. The number of nitrogens with zero attached hydrogens (tertiary/aromatic N) is 3. The van der Waals surface area contributed by atoms with E-state index in [4.69, 9.17) is 4.74 Å². The van der Waals surface area contributed by atoms with Crippen molar-refractivity contribution >= 4 is 16.7 Å². The fourth-order valence-corrected chi connectivity index (χ4v) is 3.07. The zero-order valence-electron chi connectivity index (χ0n) is 12.1. The minimum absolute atomic E-state index is 0.437. The number of benzene rings is 1. The van der Waals surface area contributed by atoms with Crippen LogP contribution in [0.4, 0.5) is 14.6 Å². The second-order valence-electron chi connectivity index (χ2n) is 6.09. The summed E-state index contributed by atoms with van der Waals surface area (Å²) < 4.78 is 32.5. The Bertz CT molecular complexity index is 699. The molecule has 2 aromatic rings. The SMILES string of the molecule is Fc1cc2ncnc(N(C[C@@H]3CCOC3)C3CC3)c2cc1F. The summed E-state index contributed by atoms with van der Waals surface area (Å²) in [6.45, 7) is 2.40. The molecule has 1 aliphatic carbocycles. The molecular formula is C16H17F2N3O. The van der Waals surface area contributed by atoms with Crippen LogP contribution < -0.4 is 4.90 Å². The molecule has 2 heterocycles. The quantitative estimate of drug-likeness (QED) is 0.870. The van der Waals surface area contributed by atoms with E-state index >= 15 is 0 Å². The largest absolute Gasteiger partial charge is 0.381 e. The van der Waals surface area contributed by atoms with E-state index in [0.29, 0.717) is 28.7 Å². The highest BCUT2D eigenvalue weighted by molar-refractivity contribution is 5.89. The molecule has 6 heteroatoms. The Hall–Kier alpha value is -1.82. The highest BCUT2D eigenvalue weighted by Crippen LogP contribution is 2.35. The molecule has 1 aromatic heterocycles. The van der Waals surface area contributed by atoms with E-state index < -0.39 is 11.6 Å². The van der Waals surface area contributed by atoms with E-state index in [-0.39, 0.29) is 0 Å². The molecule has 116 valence electrons. The average molecular weight is 305 g/mol. The van der Waals surface area contributed by atoms with Crippen LogP contribution in [-0.2, 0) is 4.74 Å². The molecule has 0 amide bonds. The van der Waals surface area contributed by atoms with Crippen molar-refractivity contribution in [2.75, 3.05) is 24.7 Å². The Labute approximate surface area is 127 Å². The lowest BCUT2D eigenvalue weighted by Crippen LogP contribution is -2.32. The number of halogens is 2. The van der Waals surface area contributed by atoms with Gasteiger partial charge in [0, 0.05) is 36.6 Å². The van der Waals surface area contributed by atoms with Crippen molar-refractivity contribution in [2.24, 2.45) is 5.92 Å². The van der Waals surface area contributed by atoms with Gasteiger partial charge in [-0.15, -0.1) is 0 Å². The zero-order chi connectivity index (χ0) is 15.1. The molecular weight excluding hydrogens is 288 g/mol. The van der Waals surface area contributed by atoms with Gasteiger partial charge >= 0.3 is 0 Å². The lowest BCUT2D eigenvalue weighted by molar-refractivity contribution is 0.186. The van der Waals surface area contributed by atoms with Crippen molar-refractivity contribution in [3.63, 3.8) is 0 Å². The average Bonchev–Trinajstić information content (AvgIpc) is 3.22. The van der Waals surface area contributed by atoms with Crippen molar-refractivity contribution in [2.45, 2.75) is 25.3 Å². The normalized spacial score (nSPS) is 21.5. The summed E-state index contributed by atoms with van der Waals surface area (Å²) in [5.41, 5.74) is 0.442. The van der Waals surface area contributed by atoms with E-state index in [1.165, 1.54) is 12.4 Å². The van der Waals surface area contributed by atoms with Gasteiger partial charge in [0.2, 0.25) is 0 Å². The molecule has 0 bridgehead atoms. The van der Waals surface area contributed by atoms with Crippen molar-refractivity contribution in [1.82, 2.24) is 9.97 Å². The summed E-state index contributed by atoms with van der Waals surface area (Å²) in [7, 11) is 0. The number of rotatable bonds is 4. The third kappa shape index (κ3) is 2.52. The van der Waals surface area contributed by atoms with Crippen LogP contribution in [0.1, 0.15) is 19.3 Å². The zero-order valence-corrected chi connectivity index (χ0v) is 12.1. The highest BCUT2D eigenvalue weighted by atomic mass is 19.2. The van der Waals surface area contributed by atoms with Gasteiger partial charge in [-0.05, 0) is 25.3 Å².